The van der Waals surface area contributed by atoms with E-state index in [0.717, 1.165) is 5.65 Å². The summed E-state index contributed by atoms with van der Waals surface area (Å²) >= 11 is 0. The molecule has 0 amide bonds. The molecule has 2 aromatic heterocycles. The van der Waals surface area contributed by atoms with Crippen LogP contribution in [0.3, 0.4) is 0 Å². The zero-order valence-electron chi connectivity index (χ0n) is 14.1. The van der Waals surface area contributed by atoms with E-state index in [1.165, 1.54) is 59.3 Å². The molecule has 0 atom stereocenters. The normalized spacial score (nSPS) is 17.7. The van der Waals surface area contributed by atoms with Crippen molar-refractivity contribution in [3.05, 3.63) is 60.4 Å². The van der Waals surface area contributed by atoms with Gasteiger partial charge in [-0.05, 0) is 35.3 Å². The highest BCUT2D eigenvalue weighted by molar-refractivity contribution is 6.13. The van der Waals surface area contributed by atoms with Crippen LogP contribution in [-0.2, 0) is 5.41 Å². The molecule has 2 aromatic carbocycles. The van der Waals surface area contributed by atoms with Gasteiger partial charge in [-0.3, -0.25) is 4.40 Å². The predicted octanol–water partition coefficient (Wildman–Crippen LogP) is 5.86. The largest absolute Gasteiger partial charge is 0.299 e. The quantitative estimate of drug-likeness (QED) is 0.402. The van der Waals surface area contributed by atoms with Gasteiger partial charge in [0.05, 0.1) is 5.52 Å². The molecule has 2 nitrogen and oxygen atoms in total. The predicted molar refractivity (Wildman–Crippen MR) is 101 cm³/mol. The fourth-order valence-electron chi connectivity index (χ4n) is 4.72. The maximum absolute atomic E-state index is 4.62. The van der Waals surface area contributed by atoms with Crippen LogP contribution in [0.1, 0.15) is 44.6 Å². The molecular weight excluding hydrogens is 292 g/mol. The molecule has 0 unspecified atom stereocenters. The Morgan fingerprint density at radius 2 is 1.71 bits per heavy atom. The number of imidazole rings is 1. The number of aromatic nitrogens is 2. The molecule has 1 fully saturated rings. The van der Waals surface area contributed by atoms with Crippen molar-refractivity contribution in [1.82, 2.24) is 9.38 Å². The highest BCUT2D eigenvalue weighted by Gasteiger charge is 2.31. The lowest BCUT2D eigenvalue weighted by atomic mass is 9.69. The first kappa shape index (κ1) is 14.0. The van der Waals surface area contributed by atoms with E-state index in [1.54, 1.807) is 0 Å². The molecule has 2 heterocycles. The van der Waals surface area contributed by atoms with Crippen molar-refractivity contribution >= 4 is 27.3 Å². The number of nitrogens with zero attached hydrogens (tertiary/aromatic N) is 2. The molecule has 24 heavy (non-hydrogen) atoms. The summed E-state index contributed by atoms with van der Waals surface area (Å²) in [6, 6.07) is 15.6. The second-order valence-corrected chi connectivity index (χ2v) is 7.49. The Morgan fingerprint density at radius 3 is 2.54 bits per heavy atom. The Kier molecular flexibility index (Phi) is 2.97. The molecular formula is C22H22N2. The van der Waals surface area contributed by atoms with Crippen molar-refractivity contribution in [3.63, 3.8) is 0 Å². The minimum Gasteiger partial charge on any atom is -0.299 e. The molecule has 2 heteroatoms. The SMILES string of the molecule is CC1(c2cccc3c2c2ccccc2c2nccn32)CCCCC1. The summed E-state index contributed by atoms with van der Waals surface area (Å²) in [5, 5.41) is 4.01. The number of benzene rings is 2. The average molecular weight is 314 g/mol. The van der Waals surface area contributed by atoms with Crippen LogP contribution in [0.5, 0.6) is 0 Å². The summed E-state index contributed by atoms with van der Waals surface area (Å²) in [6.07, 6.45) is 10.7. The minimum absolute atomic E-state index is 0.286. The van der Waals surface area contributed by atoms with Crippen molar-refractivity contribution in [2.75, 3.05) is 0 Å². The van der Waals surface area contributed by atoms with Gasteiger partial charge in [0.1, 0.15) is 5.65 Å². The zero-order chi connectivity index (χ0) is 16.1. The number of rotatable bonds is 1. The van der Waals surface area contributed by atoms with Gasteiger partial charge < -0.3 is 0 Å². The van der Waals surface area contributed by atoms with Gasteiger partial charge in [-0.25, -0.2) is 4.98 Å². The lowest BCUT2D eigenvalue weighted by Crippen LogP contribution is -2.25. The first-order valence-corrected chi connectivity index (χ1v) is 9.05. The van der Waals surface area contributed by atoms with Crippen LogP contribution in [0, 0.1) is 0 Å². The van der Waals surface area contributed by atoms with Gasteiger partial charge in [0.25, 0.3) is 0 Å². The van der Waals surface area contributed by atoms with E-state index in [0.29, 0.717) is 0 Å². The van der Waals surface area contributed by atoms with Gasteiger partial charge in [-0.15, -0.1) is 0 Å². The Balaban J connectivity index is 1.98. The lowest BCUT2D eigenvalue weighted by Gasteiger charge is -2.35. The first-order chi connectivity index (χ1) is 11.8. The number of hydrogen-bond acceptors (Lipinski definition) is 1. The standard InChI is InChI=1S/C22H22N2/c1-22(12-5-2-6-13-22)18-10-7-11-19-20(18)16-8-3-4-9-17(16)21-23-14-15-24(19)21/h3-4,7-11,14-15H,2,5-6,12-13H2,1H3. The van der Waals surface area contributed by atoms with E-state index < -0.39 is 0 Å². The third-order valence-electron chi connectivity index (χ3n) is 5.99. The monoisotopic (exact) mass is 314 g/mol. The summed E-state index contributed by atoms with van der Waals surface area (Å²) in [7, 11) is 0. The molecule has 0 N–H and O–H groups in total. The summed E-state index contributed by atoms with van der Waals surface area (Å²) in [6.45, 7) is 2.47. The molecule has 1 aliphatic carbocycles. The van der Waals surface area contributed by atoms with Gasteiger partial charge in [-0.2, -0.15) is 0 Å². The fraction of sp³-hybridized carbons (Fsp3) is 0.318. The Hall–Kier alpha value is -2.35. The summed E-state index contributed by atoms with van der Waals surface area (Å²) in [5.41, 5.74) is 4.15. The van der Waals surface area contributed by atoms with Crippen molar-refractivity contribution in [1.29, 1.82) is 0 Å². The van der Waals surface area contributed by atoms with Crippen molar-refractivity contribution in [2.45, 2.75) is 44.4 Å². The van der Waals surface area contributed by atoms with Crippen molar-refractivity contribution in [3.8, 4) is 0 Å². The Bertz CT molecular complexity index is 1050. The van der Waals surface area contributed by atoms with Gasteiger partial charge in [0, 0.05) is 23.2 Å². The van der Waals surface area contributed by atoms with E-state index in [1.807, 2.05) is 6.20 Å². The summed E-state index contributed by atoms with van der Waals surface area (Å²) < 4.78 is 2.26. The number of fused-ring (bicyclic) bond motifs is 6. The number of hydrogen-bond donors (Lipinski definition) is 0. The lowest BCUT2D eigenvalue weighted by molar-refractivity contribution is 0.322. The van der Waals surface area contributed by atoms with Crippen LogP contribution in [0.4, 0.5) is 0 Å². The number of pyridine rings is 1. The average Bonchev–Trinajstić information content (AvgIpc) is 3.12. The fourth-order valence-corrected chi connectivity index (χ4v) is 4.72. The molecule has 5 rings (SSSR count). The Morgan fingerprint density at radius 1 is 0.917 bits per heavy atom. The minimum atomic E-state index is 0.286. The van der Waals surface area contributed by atoms with Crippen LogP contribution in [-0.4, -0.2) is 9.38 Å². The second-order valence-electron chi connectivity index (χ2n) is 7.49. The Labute approximate surface area is 142 Å². The molecule has 0 bridgehead atoms. The molecule has 0 saturated heterocycles. The second kappa shape index (κ2) is 5.07. The zero-order valence-corrected chi connectivity index (χ0v) is 14.1. The van der Waals surface area contributed by atoms with E-state index in [2.05, 4.69) is 65.0 Å². The maximum atomic E-state index is 4.62. The highest BCUT2D eigenvalue weighted by Crippen LogP contribution is 2.44. The molecule has 1 aliphatic rings. The van der Waals surface area contributed by atoms with Crippen molar-refractivity contribution < 1.29 is 0 Å². The third-order valence-corrected chi connectivity index (χ3v) is 5.99. The van der Waals surface area contributed by atoms with Gasteiger partial charge >= 0.3 is 0 Å². The van der Waals surface area contributed by atoms with Crippen molar-refractivity contribution in [2.24, 2.45) is 0 Å². The maximum Gasteiger partial charge on any atom is 0.145 e. The van der Waals surface area contributed by atoms with Gasteiger partial charge in [0.15, 0.2) is 0 Å². The highest BCUT2D eigenvalue weighted by atomic mass is 15.0. The van der Waals surface area contributed by atoms with E-state index in [4.69, 9.17) is 0 Å². The molecule has 0 aliphatic heterocycles. The van der Waals surface area contributed by atoms with E-state index >= 15 is 0 Å². The van der Waals surface area contributed by atoms with Crippen LogP contribution in [0.15, 0.2) is 54.9 Å². The molecule has 0 spiro atoms. The van der Waals surface area contributed by atoms with Gasteiger partial charge in [0.2, 0.25) is 0 Å². The topological polar surface area (TPSA) is 17.3 Å². The molecule has 0 radical (unpaired) electrons. The van der Waals surface area contributed by atoms with Crippen LogP contribution in [0.2, 0.25) is 0 Å². The van der Waals surface area contributed by atoms with Gasteiger partial charge in [-0.1, -0.05) is 62.6 Å². The molecule has 120 valence electrons. The molecule has 1 saturated carbocycles. The molecule has 4 aromatic rings. The van der Waals surface area contributed by atoms with E-state index in [-0.39, 0.29) is 5.41 Å². The van der Waals surface area contributed by atoms with Crippen LogP contribution in [0.25, 0.3) is 27.3 Å². The third kappa shape index (κ3) is 1.86. The van der Waals surface area contributed by atoms with Crippen LogP contribution < -0.4 is 0 Å². The summed E-state index contributed by atoms with van der Waals surface area (Å²) in [4.78, 5) is 4.62. The van der Waals surface area contributed by atoms with Crippen LogP contribution >= 0.6 is 0 Å². The van der Waals surface area contributed by atoms with E-state index in [9.17, 15) is 0 Å². The first-order valence-electron chi connectivity index (χ1n) is 9.05. The smallest absolute Gasteiger partial charge is 0.145 e. The summed E-state index contributed by atoms with van der Waals surface area (Å²) in [5.74, 6) is 0.